The molecule has 20 heavy (non-hydrogen) atoms. The van der Waals surface area contributed by atoms with Crippen molar-refractivity contribution in [3.63, 3.8) is 0 Å². The molecule has 0 radical (unpaired) electrons. The molecule has 0 aliphatic carbocycles. The number of nitrogens with one attached hydrogen (secondary N) is 2. The standard InChI is InChI=1S/C15H22N4O/c1-10(2)6-12(8-16)19-14(20)7-11-9-18-15-13(11)4-3-5-17-15/h3-5,9-10,12H,6-8,16H2,1-2H3,(H,17,18)(H,19,20). The highest BCUT2D eigenvalue weighted by atomic mass is 16.1. The predicted octanol–water partition coefficient (Wildman–Crippen LogP) is 1.60. The van der Waals surface area contributed by atoms with Crippen LogP contribution in [0.1, 0.15) is 25.8 Å². The molecule has 0 aliphatic rings. The lowest BCUT2D eigenvalue weighted by Gasteiger charge is -2.18. The van der Waals surface area contributed by atoms with Gasteiger partial charge in [0.15, 0.2) is 0 Å². The number of hydrogen-bond acceptors (Lipinski definition) is 3. The summed E-state index contributed by atoms with van der Waals surface area (Å²) in [5, 5.41) is 4.00. The second-order valence-electron chi connectivity index (χ2n) is 5.52. The zero-order valence-corrected chi connectivity index (χ0v) is 12.0. The number of rotatable bonds is 6. The molecular formula is C15H22N4O. The molecule has 0 fully saturated rings. The molecule has 108 valence electrons. The van der Waals surface area contributed by atoms with Crippen LogP contribution in [0.25, 0.3) is 11.0 Å². The number of amides is 1. The maximum absolute atomic E-state index is 12.1. The first-order valence-electron chi connectivity index (χ1n) is 7.00. The zero-order chi connectivity index (χ0) is 14.5. The summed E-state index contributed by atoms with van der Waals surface area (Å²) in [5.41, 5.74) is 7.48. The van der Waals surface area contributed by atoms with Gasteiger partial charge in [0.1, 0.15) is 5.65 Å². The maximum Gasteiger partial charge on any atom is 0.224 e. The summed E-state index contributed by atoms with van der Waals surface area (Å²) < 4.78 is 0. The predicted molar refractivity (Wildman–Crippen MR) is 80.2 cm³/mol. The van der Waals surface area contributed by atoms with Gasteiger partial charge in [0.25, 0.3) is 0 Å². The number of nitrogens with two attached hydrogens (primary N) is 1. The van der Waals surface area contributed by atoms with Crippen LogP contribution in [0, 0.1) is 5.92 Å². The van der Waals surface area contributed by atoms with Crippen molar-refractivity contribution in [2.75, 3.05) is 6.54 Å². The molecule has 1 amide bonds. The number of H-pyrrole nitrogens is 1. The van der Waals surface area contributed by atoms with E-state index in [0.29, 0.717) is 18.9 Å². The first-order valence-corrected chi connectivity index (χ1v) is 7.00. The van der Waals surface area contributed by atoms with E-state index in [2.05, 4.69) is 29.1 Å². The van der Waals surface area contributed by atoms with Gasteiger partial charge in [-0.15, -0.1) is 0 Å². The third-order valence-corrected chi connectivity index (χ3v) is 3.29. The number of aromatic amines is 1. The molecule has 2 rings (SSSR count). The lowest BCUT2D eigenvalue weighted by Crippen LogP contribution is -2.41. The Labute approximate surface area is 119 Å². The molecule has 0 spiro atoms. The summed E-state index contributed by atoms with van der Waals surface area (Å²) >= 11 is 0. The normalized spacial score (nSPS) is 12.8. The van der Waals surface area contributed by atoms with E-state index in [0.717, 1.165) is 23.0 Å². The second-order valence-corrected chi connectivity index (χ2v) is 5.52. The molecule has 1 unspecified atom stereocenters. The van der Waals surface area contributed by atoms with Crippen LogP contribution in [0.15, 0.2) is 24.5 Å². The molecule has 2 aromatic heterocycles. The summed E-state index contributed by atoms with van der Waals surface area (Å²) in [6, 6.07) is 3.89. The minimum Gasteiger partial charge on any atom is -0.352 e. The van der Waals surface area contributed by atoms with Crippen molar-refractivity contribution in [1.82, 2.24) is 15.3 Å². The quantitative estimate of drug-likeness (QED) is 0.748. The monoisotopic (exact) mass is 274 g/mol. The number of carbonyl (C=O) groups excluding carboxylic acids is 1. The van der Waals surface area contributed by atoms with Crippen molar-refractivity contribution in [1.29, 1.82) is 0 Å². The molecule has 4 N–H and O–H groups in total. The smallest absolute Gasteiger partial charge is 0.224 e. The van der Waals surface area contributed by atoms with Crippen LogP contribution >= 0.6 is 0 Å². The Morgan fingerprint density at radius 3 is 3.00 bits per heavy atom. The minimum atomic E-state index is 0.00542. The van der Waals surface area contributed by atoms with Gasteiger partial charge in [-0.1, -0.05) is 13.8 Å². The van der Waals surface area contributed by atoms with E-state index in [4.69, 9.17) is 5.73 Å². The van der Waals surface area contributed by atoms with Crippen LogP contribution in [0.3, 0.4) is 0 Å². The van der Waals surface area contributed by atoms with Crippen LogP contribution in [0.2, 0.25) is 0 Å². The molecule has 0 aromatic carbocycles. The van der Waals surface area contributed by atoms with Crippen LogP contribution in [0.5, 0.6) is 0 Å². The first kappa shape index (κ1) is 14.5. The number of aromatic nitrogens is 2. The average Bonchev–Trinajstić information content (AvgIpc) is 2.81. The molecule has 2 aromatic rings. The van der Waals surface area contributed by atoms with Crippen LogP contribution < -0.4 is 11.1 Å². The molecule has 5 nitrogen and oxygen atoms in total. The van der Waals surface area contributed by atoms with E-state index in [1.807, 2.05) is 18.3 Å². The summed E-state index contributed by atoms with van der Waals surface area (Å²) in [6.45, 7) is 4.72. The lowest BCUT2D eigenvalue weighted by atomic mass is 10.0. The second kappa shape index (κ2) is 6.52. The third kappa shape index (κ3) is 3.57. The van der Waals surface area contributed by atoms with Gasteiger partial charge in [-0.25, -0.2) is 4.98 Å². The Hall–Kier alpha value is -1.88. The van der Waals surface area contributed by atoms with E-state index in [9.17, 15) is 4.79 Å². The highest BCUT2D eigenvalue weighted by Gasteiger charge is 2.14. The fourth-order valence-corrected chi connectivity index (χ4v) is 2.39. The van der Waals surface area contributed by atoms with Crippen molar-refractivity contribution in [3.05, 3.63) is 30.1 Å². The number of fused-ring (bicyclic) bond motifs is 1. The molecule has 0 saturated carbocycles. The third-order valence-electron chi connectivity index (χ3n) is 3.29. The fraction of sp³-hybridized carbons (Fsp3) is 0.467. The van der Waals surface area contributed by atoms with Crippen LogP contribution in [-0.4, -0.2) is 28.5 Å². The van der Waals surface area contributed by atoms with Crippen molar-refractivity contribution < 1.29 is 4.79 Å². The van der Waals surface area contributed by atoms with Crippen LogP contribution in [-0.2, 0) is 11.2 Å². The molecule has 0 saturated heterocycles. The summed E-state index contributed by atoms with van der Waals surface area (Å²) in [6.07, 6.45) is 4.82. The topological polar surface area (TPSA) is 83.8 Å². The largest absolute Gasteiger partial charge is 0.352 e. The first-order chi connectivity index (χ1) is 9.60. The molecule has 0 aliphatic heterocycles. The van der Waals surface area contributed by atoms with Gasteiger partial charge in [0.2, 0.25) is 5.91 Å². The molecular weight excluding hydrogens is 252 g/mol. The molecule has 0 bridgehead atoms. The number of carbonyl (C=O) groups is 1. The molecule has 5 heteroatoms. The highest BCUT2D eigenvalue weighted by molar-refractivity contribution is 5.87. The van der Waals surface area contributed by atoms with Gasteiger partial charge in [-0.2, -0.15) is 0 Å². The Morgan fingerprint density at radius 2 is 2.30 bits per heavy atom. The highest BCUT2D eigenvalue weighted by Crippen LogP contribution is 2.16. The van der Waals surface area contributed by atoms with Crippen molar-refractivity contribution in [2.24, 2.45) is 11.7 Å². The lowest BCUT2D eigenvalue weighted by molar-refractivity contribution is -0.121. The Kier molecular flexibility index (Phi) is 4.74. The van der Waals surface area contributed by atoms with Gasteiger partial charge >= 0.3 is 0 Å². The Bertz CT molecular complexity index is 576. The van der Waals surface area contributed by atoms with E-state index >= 15 is 0 Å². The van der Waals surface area contributed by atoms with Gasteiger partial charge in [0.05, 0.1) is 6.42 Å². The van der Waals surface area contributed by atoms with Gasteiger partial charge < -0.3 is 16.0 Å². The number of hydrogen-bond donors (Lipinski definition) is 3. The van der Waals surface area contributed by atoms with Gasteiger partial charge in [-0.05, 0) is 30.0 Å². The summed E-state index contributed by atoms with van der Waals surface area (Å²) in [7, 11) is 0. The van der Waals surface area contributed by atoms with E-state index in [1.54, 1.807) is 6.20 Å². The summed E-state index contributed by atoms with van der Waals surface area (Å²) in [4.78, 5) is 19.4. The van der Waals surface area contributed by atoms with Crippen LogP contribution in [0.4, 0.5) is 0 Å². The Balaban J connectivity index is 2.00. The Morgan fingerprint density at radius 1 is 1.50 bits per heavy atom. The van der Waals surface area contributed by atoms with Crippen molar-refractivity contribution >= 4 is 16.9 Å². The van der Waals surface area contributed by atoms with Crippen molar-refractivity contribution in [2.45, 2.75) is 32.7 Å². The zero-order valence-electron chi connectivity index (χ0n) is 12.0. The minimum absolute atomic E-state index is 0.00542. The van der Waals surface area contributed by atoms with Gasteiger partial charge in [0, 0.05) is 30.4 Å². The van der Waals surface area contributed by atoms with Crippen molar-refractivity contribution in [3.8, 4) is 0 Å². The molecule has 2 heterocycles. The fourth-order valence-electron chi connectivity index (χ4n) is 2.39. The number of nitrogens with zero attached hydrogens (tertiary/aromatic N) is 1. The maximum atomic E-state index is 12.1. The van der Waals surface area contributed by atoms with E-state index in [-0.39, 0.29) is 11.9 Å². The SMILES string of the molecule is CC(C)CC(CN)NC(=O)Cc1c[nH]c2ncccc12. The van der Waals surface area contributed by atoms with Gasteiger partial charge in [-0.3, -0.25) is 4.79 Å². The number of pyridine rings is 1. The average molecular weight is 274 g/mol. The van der Waals surface area contributed by atoms with E-state index in [1.165, 1.54) is 0 Å². The van der Waals surface area contributed by atoms with E-state index < -0.39 is 0 Å². The summed E-state index contributed by atoms with van der Waals surface area (Å²) in [5.74, 6) is 0.520. The molecule has 1 atom stereocenters.